The van der Waals surface area contributed by atoms with E-state index in [1.54, 1.807) is 6.07 Å². The molecule has 0 aliphatic carbocycles. The van der Waals surface area contributed by atoms with Crippen LogP contribution in [0.25, 0.3) is 0 Å². The number of pyridine rings is 1. The van der Waals surface area contributed by atoms with Gasteiger partial charge in [-0.3, -0.25) is 0 Å². The Morgan fingerprint density at radius 2 is 2.21 bits per heavy atom. The van der Waals surface area contributed by atoms with E-state index < -0.39 is 19.0 Å². The summed E-state index contributed by atoms with van der Waals surface area (Å²) in [6.07, 6.45) is 1.38. The third kappa shape index (κ3) is 3.43. The van der Waals surface area contributed by atoms with Crippen LogP contribution in [0.15, 0.2) is 18.3 Å². The van der Waals surface area contributed by atoms with Crippen LogP contribution in [-0.2, 0) is 0 Å². The van der Waals surface area contributed by atoms with Crippen molar-refractivity contribution in [3.05, 3.63) is 23.4 Å². The van der Waals surface area contributed by atoms with E-state index in [0.717, 1.165) is 0 Å². The van der Waals surface area contributed by atoms with E-state index >= 15 is 0 Å². The quantitative estimate of drug-likeness (QED) is 0.814. The summed E-state index contributed by atoms with van der Waals surface area (Å²) in [5.74, 6) is -2.57. The number of alkyl halides is 2. The Kier molecular flexibility index (Phi) is 3.60. The zero-order valence-corrected chi connectivity index (χ0v) is 8.06. The molecule has 14 heavy (non-hydrogen) atoms. The SMILES string of the molecule is NCC(F)(F)CNc1ccc(Cl)cn1. The lowest BCUT2D eigenvalue weighted by Crippen LogP contribution is -2.35. The van der Waals surface area contributed by atoms with Gasteiger partial charge in [-0.2, -0.15) is 0 Å². The van der Waals surface area contributed by atoms with Crippen LogP contribution in [-0.4, -0.2) is 24.0 Å². The predicted molar refractivity (Wildman–Crippen MR) is 51.7 cm³/mol. The van der Waals surface area contributed by atoms with Gasteiger partial charge >= 0.3 is 0 Å². The Morgan fingerprint density at radius 1 is 1.50 bits per heavy atom. The fourth-order valence-corrected chi connectivity index (χ4v) is 0.884. The largest absolute Gasteiger partial charge is 0.364 e. The monoisotopic (exact) mass is 221 g/mol. The molecule has 0 amide bonds. The van der Waals surface area contributed by atoms with E-state index in [2.05, 4.69) is 10.3 Å². The average Bonchev–Trinajstić information content (AvgIpc) is 2.17. The minimum Gasteiger partial charge on any atom is -0.364 e. The van der Waals surface area contributed by atoms with Gasteiger partial charge in [0, 0.05) is 6.20 Å². The molecule has 0 spiro atoms. The minimum absolute atomic E-state index is 0.350. The Balaban J connectivity index is 2.50. The van der Waals surface area contributed by atoms with Crippen LogP contribution in [0.4, 0.5) is 14.6 Å². The van der Waals surface area contributed by atoms with E-state index in [0.29, 0.717) is 10.8 Å². The van der Waals surface area contributed by atoms with Crippen LogP contribution < -0.4 is 11.1 Å². The zero-order valence-electron chi connectivity index (χ0n) is 7.30. The molecule has 0 aliphatic rings. The van der Waals surface area contributed by atoms with Crippen molar-refractivity contribution in [2.45, 2.75) is 5.92 Å². The Hall–Kier alpha value is -0.940. The van der Waals surface area contributed by atoms with Gasteiger partial charge in [0.25, 0.3) is 5.92 Å². The number of aromatic nitrogens is 1. The summed E-state index contributed by atoms with van der Waals surface area (Å²) >= 11 is 5.57. The fourth-order valence-electron chi connectivity index (χ4n) is 0.772. The van der Waals surface area contributed by atoms with Crippen molar-refractivity contribution in [2.24, 2.45) is 5.73 Å². The highest BCUT2D eigenvalue weighted by Crippen LogP contribution is 2.14. The number of nitrogens with two attached hydrogens (primary N) is 1. The molecule has 0 saturated heterocycles. The number of nitrogens with one attached hydrogen (secondary N) is 1. The summed E-state index contributed by atoms with van der Waals surface area (Å²) in [6, 6.07) is 3.09. The summed E-state index contributed by atoms with van der Waals surface area (Å²) in [7, 11) is 0. The molecule has 1 aromatic rings. The fraction of sp³-hybridized carbons (Fsp3) is 0.375. The maximum Gasteiger partial charge on any atom is 0.276 e. The third-order valence-corrected chi connectivity index (χ3v) is 1.78. The molecule has 0 unspecified atom stereocenters. The first-order chi connectivity index (χ1) is 6.53. The lowest BCUT2D eigenvalue weighted by atomic mass is 10.3. The number of halogens is 3. The van der Waals surface area contributed by atoms with E-state index in [9.17, 15) is 8.78 Å². The van der Waals surface area contributed by atoms with Gasteiger partial charge in [0.2, 0.25) is 0 Å². The third-order valence-electron chi connectivity index (χ3n) is 1.55. The molecule has 0 aromatic carbocycles. The number of nitrogens with zero attached hydrogens (tertiary/aromatic N) is 1. The number of hydrogen-bond acceptors (Lipinski definition) is 3. The van der Waals surface area contributed by atoms with Gasteiger partial charge in [-0.25, -0.2) is 13.8 Å². The maximum absolute atomic E-state index is 12.7. The topological polar surface area (TPSA) is 50.9 Å². The van der Waals surface area contributed by atoms with Crippen LogP contribution in [0, 0.1) is 0 Å². The predicted octanol–water partition coefficient (Wildman–Crippen LogP) is 1.74. The Morgan fingerprint density at radius 3 is 2.71 bits per heavy atom. The van der Waals surface area contributed by atoms with E-state index in [-0.39, 0.29) is 0 Å². The highest BCUT2D eigenvalue weighted by Gasteiger charge is 2.26. The summed E-state index contributed by atoms with van der Waals surface area (Å²) in [6.45, 7) is -1.22. The first-order valence-corrected chi connectivity index (χ1v) is 4.34. The van der Waals surface area contributed by atoms with Gasteiger partial charge in [0.05, 0.1) is 18.1 Å². The van der Waals surface area contributed by atoms with E-state index in [4.69, 9.17) is 17.3 Å². The van der Waals surface area contributed by atoms with Crippen molar-refractivity contribution in [1.82, 2.24) is 4.98 Å². The summed E-state index contributed by atoms with van der Waals surface area (Å²) in [5.41, 5.74) is 4.86. The van der Waals surface area contributed by atoms with Crippen molar-refractivity contribution in [2.75, 3.05) is 18.4 Å². The molecule has 78 valence electrons. The van der Waals surface area contributed by atoms with Crippen LogP contribution in [0.3, 0.4) is 0 Å². The van der Waals surface area contributed by atoms with Crippen LogP contribution >= 0.6 is 11.6 Å². The second kappa shape index (κ2) is 4.52. The number of rotatable bonds is 4. The molecule has 0 atom stereocenters. The molecule has 1 heterocycles. The van der Waals surface area contributed by atoms with Gasteiger partial charge in [-0.1, -0.05) is 11.6 Å². The molecule has 3 nitrogen and oxygen atoms in total. The lowest BCUT2D eigenvalue weighted by Gasteiger charge is -2.14. The first kappa shape index (κ1) is 11.1. The molecule has 1 aromatic heterocycles. The molecule has 0 fully saturated rings. The molecular formula is C8H10ClF2N3. The standard InChI is InChI=1S/C8H10ClF2N3/c9-6-1-2-7(13-3-6)14-5-8(10,11)4-12/h1-3H,4-5,12H2,(H,13,14). The van der Waals surface area contributed by atoms with Crippen LogP contribution in [0.1, 0.15) is 0 Å². The number of anilines is 1. The van der Waals surface area contributed by atoms with Gasteiger partial charge < -0.3 is 11.1 Å². The molecular weight excluding hydrogens is 212 g/mol. The summed E-state index contributed by atoms with van der Waals surface area (Å²) in [4.78, 5) is 3.80. The van der Waals surface area contributed by atoms with Crippen LogP contribution in [0.2, 0.25) is 5.02 Å². The maximum atomic E-state index is 12.7. The highest BCUT2D eigenvalue weighted by atomic mass is 35.5. The number of hydrogen-bond donors (Lipinski definition) is 2. The van der Waals surface area contributed by atoms with Gasteiger partial charge in [0.15, 0.2) is 0 Å². The average molecular weight is 222 g/mol. The minimum atomic E-state index is -2.92. The molecule has 0 aliphatic heterocycles. The van der Waals surface area contributed by atoms with Crippen molar-refractivity contribution < 1.29 is 8.78 Å². The van der Waals surface area contributed by atoms with Crippen molar-refractivity contribution >= 4 is 17.4 Å². The molecule has 3 N–H and O–H groups in total. The second-order valence-electron chi connectivity index (χ2n) is 2.78. The van der Waals surface area contributed by atoms with Crippen molar-refractivity contribution in [1.29, 1.82) is 0 Å². The normalized spacial score (nSPS) is 11.4. The first-order valence-electron chi connectivity index (χ1n) is 3.97. The Labute approximate surface area is 85.3 Å². The van der Waals surface area contributed by atoms with Gasteiger partial charge in [-0.05, 0) is 12.1 Å². The Bertz CT molecular complexity index is 289. The molecule has 6 heteroatoms. The van der Waals surface area contributed by atoms with Gasteiger partial charge in [0.1, 0.15) is 5.82 Å². The van der Waals surface area contributed by atoms with Crippen molar-refractivity contribution in [3.63, 3.8) is 0 Å². The summed E-state index contributed by atoms with van der Waals surface area (Å²) in [5, 5.41) is 2.92. The molecule has 0 bridgehead atoms. The molecule has 1 rings (SSSR count). The van der Waals surface area contributed by atoms with E-state index in [1.165, 1.54) is 12.3 Å². The summed E-state index contributed by atoms with van der Waals surface area (Å²) < 4.78 is 25.4. The smallest absolute Gasteiger partial charge is 0.276 e. The highest BCUT2D eigenvalue weighted by molar-refractivity contribution is 6.30. The molecule has 0 radical (unpaired) electrons. The zero-order chi connectivity index (χ0) is 10.6. The second-order valence-corrected chi connectivity index (χ2v) is 3.21. The van der Waals surface area contributed by atoms with Crippen LogP contribution in [0.5, 0.6) is 0 Å². The van der Waals surface area contributed by atoms with E-state index in [1.807, 2.05) is 0 Å². The lowest BCUT2D eigenvalue weighted by molar-refractivity contribution is 0.0253. The van der Waals surface area contributed by atoms with Gasteiger partial charge in [-0.15, -0.1) is 0 Å². The van der Waals surface area contributed by atoms with Crippen molar-refractivity contribution in [3.8, 4) is 0 Å². The molecule has 0 saturated carbocycles.